The summed E-state index contributed by atoms with van der Waals surface area (Å²) in [6.07, 6.45) is 0. The molecule has 3 aromatic rings. The molecule has 144 valence electrons. The van der Waals surface area contributed by atoms with E-state index in [1.165, 1.54) is 22.3 Å². The molecule has 0 amide bonds. The maximum absolute atomic E-state index is 5.83. The number of hydrogen-bond acceptors (Lipinski definition) is 2. The van der Waals surface area contributed by atoms with Gasteiger partial charge in [-0.3, -0.25) is 0 Å². The molecular weight excluding hydrogens is 364 g/mol. The number of ether oxygens (including phenoxy) is 1. The predicted octanol–water partition coefficient (Wildman–Crippen LogP) is 5.51. The van der Waals surface area contributed by atoms with Crippen LogP contribution in [0.4, 0.5) is 5.69 Å². The number of thiocarbonyl (C=S) groups is 1. The summed E-state index contributed by atoms with van der Waals surface area (Å²) >= 11 is 5.42. The first-order valence-corrected chi connectivity index (χ1v) is 9.82. The zero-order chi connectivity index (χ0) is 19.8. The van der Waals surface area contributed by atoms with Gasteiger partial charge >= 0.3 is 0 Å². The van der Waals surface area contributed by atoms with Crippen molar-refractivity contribution in [2.45, 2.75) is 33.6 Å². The van der Waals surface area contributed by atoms with Crippen LogP contribution in [0.15, 0.2) is 72.8 Å². The fourth-order valence-corrected chi connectivity index (χ4v) is 3.06. The second kappa shape index (κ2) is 10.0. The summed E-state index contributed by atoms with van der Waals surface area (Å²) in [4.78, 5) is 0. The lowest BCUT2D eigenvalue weighted by Gasteiger charge is -2.12. The van der Waals surface area contributed by atoms with Crippen LogP contribution in [0.25, 0.3) is 0 Å². The molecule has 4 heteroatoms. The largest absolute Gasteiger partial charge is 0.372 e. The van der Waals surface area contributed by atoms with Crippen molar-refractivity contribution >= 4 is 23.0 Å². The molecule has 0 aliphatic rings. The van der Waals surface area contributed by atoms with E-state index in [1.807, 2.05) is 24.3 Å². The summed E-state index contributed by atoms with van der Waals surface area (Å²) in [7, 11) is 0. The molecule has 0 aliphatic carbocycles. The molecular formula is C24H26N2OS. The minimum atomic E-state index is 0.591. The van der Waals surface area contributed by atoms with Crippen LogP contribution in [0.3, 0.4) is 0 Å². The molecule has 0 fully saturated rings. The van der Waals surface area contributed by atoms with Crippen molar-refractivity contribution in [1.82, 2.24) is 5.32 Å². The van der Waals surface area contributed by atoms with Gasteiger partial charge in [0.05, 0.1) is 13.2 Å². The minimum absolute atomic E-state index is 0.591. The van der Waals surface area contributed by atoms with Gasteiger partial charge in [-0.2, -0.15) is 0 Å². The normalized spacial score (nSPS) is 10.5. The van der Waals surface area contributed by atoms with Crippen LogP contribution in [0.2, 0.25) is 0 Å². The SMILES string of the molecule is Cc1ccc(NC(=S)NCc2cccc(COCc3ccccc3)c2)cc1C. The number of nitrogens with one attached hydrogen (secondary N) is 2. The Morgan fingerprint density at radius 1 is 0.786 bits per heavy atom. The summed E-state index contributed by atoms with van der Waals surface area (Å²) in [6.45, 7) is 6.08. The van der Waals surface area contributed by atoms with Crippen molar-refractivity contribution in [2.24, 2.45) is 0 Å². The van der Waals surface area contributed by atoms with E-state index < -0.39 is 0 Å². The Labute approximate surface area is 172 Å². The second-order valence-electron chi connectivity index (χ2n) is 6.91. The molecule has 0 atom stereocenters. The fraction of sp³-hybridized carbons (Fsp3) is 0.208. The molecule has 28 heavy (non-hydrogen) atoms. The molecule has 2 N–H and O–H groups in total. The quantitative estimate of drug-likeness (QED) is 0.522. The van der Waals surface area contributed by atoms with Crippen LogP contribution < -0.4 is 10.6 Å². The van der Waals surface area contributed by atoms with Crippen molar-refractivity contribution in [2.75, 3.05) is 5.32 Å². The number of rotatable bonds is 7. The van der Waals surface area contributed by atoms with Gasteiger partial charge in [-0.25, -0.2) is 0 Å². The number of aryl methyl sites for hydroxylation is 2. The third kappa shape index (κ3) is 6.19. The molecule has 3 aromatic carbocycles. The molecule has 0 saturated heterocycles. The molecule has 0 aliphatic heterocycles. The highest BCUT2D eigenvalue weighted by molar-refractivity contribution is 7.80. The topological polar surface area (TPSA) is 33.3 Å². The van der Waals surface area contributed by atoms with Gasteiger partial charge in [0.1, 0.15) is 0 Å². The van der Waals surface area contributed by atoms with Gasteiger partial charge in [0, 0.05) is 12.2 Å². The van der Waals surface area contributed by atoms with E-state index in [4.69, 9.17) is 17.0 Å². The van der Waals surface area contributed by atoms with Gasteiger partial charge < -0.3 is 15.4 Å². The molecule has 0 heterocycles. The smallest absolute Gasteiger partial charge is 0.171 e. The number of benzene rings is 3. The Bertz CT molecular complexity index is 925. The van der Waals surface area contributed by atoms with Crippen molar-refractivity contribution in [3.05, 3.63) is 101 Å². The third-order valence-corrected chi connectivity index (χ3v) is 4.84. The summed E-state index contributed by atoms with van der Waals surface area (Å²) in [5.41, 5.74) is 7.03. The maximum Gasteiger partial charge on any atom is 0.171 e. The molecule has 0 saturated carbocycles. The van der Waals surface area contributed by atoms with Crippen molar-refractivity contribution < 1.29 is 4.74 Å². The van der Waals surface area contributed by atoms with E-state index in [-0.39, 0.29) is 0 Å². The number of hydrogen-bond donors (Lipinski definition) is 2. The van der Waals surface area contributed by atoms with E-state index in [0.29, 0.717) is 24.9 Å². The molecule has 0 spiro atoms. The van der Waals surface area contributed by atoms with E-state index in [9.17, 15) is 0 Å². The van der Waals surface area contributed by atoms with Crippen LogP contribution in [0, 0.1) is 13.8 Å². The average Bonchev–Trinajstić information content (AvgIpc) is 2.70. The first-order valence-electron chi connectivity index (χ1n) is 9.42. The second-order valence-corrected chi connectivity index (χ2v) is 7.31. The zero-order valence-electron chi connectivity index (χ0n) is 16.4. The van der Waals surface area contributed by atoms with Crippen molar-refractivity contribution in [1.29, 1.82) is 0 Å². The average molecular weight is 391 g/mol. The Morgan fingerprint density at radius 3 is 2.29 bits per heavy atom. The molecule has 0 aromatic heterocycles. The highest BCUT2D eigenvalue weighted by Crippen LogP contribution is 2.14. The summed E-state index contributed by atoms with van der Waals surface area (Å²) in [5.74, 6) is 0. The molecule has 3 rings (SSSR count). The molecule has 0 bridgehead atoms. The van der Waals surface area contributed by atoms with E-state index in [2.05, 4.69) is 73.0 Å². The molecule has 0 unspecified atom stereocenters. The van der Waals surface area contributed by atoms with Gasteiger partial charge in [0.15, 0.2) is 5.11 Å². The van der Waals surface area contributed by atoms with Gasteiger partial charge in [-0.1, -0.05) is 60.7 Å². The van der Waals surface area contributed by atoms with Gasteiger partial charge in [-0.15, -0.1) is 0 Å². The molecule has 0 radical (unpaired) electrons. The van der Waals surface area contributed by atoms with Crippen molar-refractivity contribution in [3.63, 3.8) is 0 Å². The van der Waals surface area contributed by atoms with Gasteiger partial charge in [0.2, 0.25) is 0 Å². The zero-order valence-corrected chi connectivity index (χ0v) is 17.2. The van der Waals surface area contributed by atoms with E-state index >= 15 is 0 Å². The standard InChI is InChI=1S/C24H26N2OS/c1-18-11-12-23(13-19(18)2)26-24(28)25-15-21-9-6-10-22(14-21)17-27-16-20-7-4-3-5-8-20/h3-14H,15-17H2,1-2H3,(H2,25,26,28). The molecule has 3 nitrogen and oxygen atoms in total. The first-order chi connectivity index (χ1) is 13.6. The Morgan fingerprint density at radius 2 is 1.50 bits per heavy atom. The minimum Gasteiger partial charge on any atom is -0.372 e. The fourth-order valence-electron chi connectivity index (χ4n) is 2.87. The highest BCUT2D eigenvalue weighted by atomic mass is 32.1. The lowest BCUT2D eigenvalue weighted by molar-refractivity contribution is 0.107. The summed E-state index contributed by atoms with van der Waals surface area (Å²) < 4.78 is 5.83. The third-order valence-electron chi connectivity index (χ3n) is 4.59. The van der Waals surface area contributed by atoms with E-state index in [0.717, 1.165) is 11.3 Å². The van der Waals surface area contributed by atoms with Crippen LogP contribution >= 0.6 is 12.2 Å². The number of anilines is 1. The van der Waals surface area contributed by atoms with Crippen LogP contribution in [-0.2, 0) is 24.5 Å². The lowest BCUT2D eigenvalue weighted by Crippen LogP contribution is -2.27. The monoisotopic (exact) mass is 390 g/mol. The van der Waals surface area contributed by atoms with E-state index in [1.54, 1.807) is 0 Å². The van der Waals surface area contributed by atoms with Gasteiger partial charge in [0.25, 0.3) is 0 Å². The van der Waals surface area contributed by atoms with Crippen LogP contribution in [0.1, 0.15) is 27.8 Å². The summed E-state index contributed by atoms with van der Waals surface area (Å²) in [5, 5.41) is 7.13. The van der Waals surface area contributed by atoms with Gasteiger partial charge in [-0.05, 0) is 66.0 Å². The Kier molecular flexibility index (Phi) is 7.18. The summed E-state index contributed by atoms with van der Waals surface area (Å²) in [6, 6.07) is 24.8. The van der Waals surface area contributed by atoms with Crippen LogP contribution in [-0.4, -0.2) is 5.11 Å². The van der Waals surface area contributed by atoms with Crippen molar-refractivity contribution in [3.8, 4) is 0 Å². The predicted molar refractivity (Wildman–Crippen MR) is 120 cm³/mol. The Balaban J connectivity index is 1.47. The Hall–Kier alpha value is -2.69. The lowest BCUT2D eigenvalue weighted by atomic mass is 10.1. The first kappa shape index (κ1) is 20.1. The maximum atomic E-state index is 5.83. The van der Waals surface area contributed by atoms with Crippen LogP contribution in [0.5, 0.6) is 0 Å². The highest BCUT2D eigenvalue weighted by Gasteiger charge is 2.02.